The minimum absolute atomic E-state index is 0.124. The third-order valence-electron chi connectivity index (χ3n) is 5.33. The van der Waals surface area contributed by atoms with Gasteiger partial charge in [-0.3, -0.25) is 0 Å². The molecular formula is C20H25NO3. The van der Waals surface area contributed by atoms with Crippen LogP contribution in [0.25, 0.3) is 11.3 Å². The molecule has 0 aliphatic heterocycles. The molecule has 0 radical (unpaired) electrons. The maximum absolute atomic E-state index is 10.9. The molecule has 4 heteroatoms. The zero-order chi connectivity index (χ0) is 17.3. The van der Waals surface area contributed by atoms with Crippen molar-refractivity contribution in [3.8, 4) is 11.3 Å². The first-order valence-electron chi connectivity index (χ1n) is 8.65. The lowest BCUT2D eigenvalue weighted by Gasteiger charge is -2.37. The van der Waals surface area contributed by atoms with Gasteiger partial charge in [0.2, 0.25) is 5.76 Å². The van der Waals surface area contributed by atoms with E-state index in [1.807, 2.05) is 12.1 Å². The van der Waals surface area contributed by atoms with Crippen molar-refractivity contribution < 1.29 is 14.4 Å². The fourth-order valence-electron chi connectivity index (χ4n) is 3.76. The van der Waals surface area contributed by atoms with E-state index in [1.165, 1.54) is 37.3 Å². The zero-order valence-electron chi connectivity index (χ0n) is 14.6. The van der Waals surface area contributed by atoms with Crippen LogP contribution >= 0.6 is 0 Å². The highest BCUT2D eigenvalue weighted by Gasteiger charge is 2.30. The van der Waals surface area contributed by atoms with Gasteiger partial charge in [0.1, 0.15) is 5.69 Å². The number of nitrogens with zero attached hydrogens (tertiary/aromatic N) is 1. The van der Waals surface area contributed by atoms with Crippen LogP contribution in [-0.2, 0) is 0 Å². The molecule has 0 saturated heterocycles. The Morgan fingerprint density at radius 1 is 1.17 bits per heavy atom. The van der Waals surface area contributed by atoms with Gasteiger partial charge in [0, 0.05) is 11.6 Å². The average molecular weight is 327 g/mol. The van der Waals surface area contributed by atoms with Crippen LogP contribution in [0.3, 0.4) is 0 Å². The molecule has 128 valence electrons. The molecule has 1 aromatic carbocycles. The zero-order valence-corrected chi connectivity index (χ0v) is 14.6. The van der Waals surface area contributed by atoms with Gasteiger partial charge in [-0.25, -0.2) is 4.79 Å². The Balaban J connectivity index is 1.75. The summed E-state index contributed by atoms with van der Waals surface area (Å²) in [6.07, 6.45) is 4.96. The fourth-order valence-corrected chi connectivity index (χ4v) is 3.76. The van der Waals surface area contributed by atoms with Crippen LogP contribution in [0, 0.1) is 11.3 Å². The van der Waals surface area contributed by atoms with Crippen molar-refractivity contribution in [2.24, 2.45) is 11.3 Å². The molecule has 4 nitrogen and oxygen atoms in total. The predicted octanol–water partition coefficient (Wildman–Crippen LogP) is 5.36. The summed E-state index contributed by atoms with van der Waals surface area (Å²) in [5, 5.41) is 12.8. The summed E-state index contributed by atoms with van der Waals surface area (Å²) in [7, 11) is 0. The molecule has 0 unspecified atom stereocenters. The first kappa shape index (κ1) is 16.7. The molecule has 1 aromatic heterocycles. The van der Waals surface area contributed by atoms with Gasteiger partial charge in [0.05, 0.1) is 0 Å². The summed E-state index contributed by atoms with van der Waals surface area (Å²) in [5.41, 5.74) is 3.21. The van der Waals surface area contributed by atoms with E-state index >= 15 is 0 Å². The summed E-state index contributed by atoms with van der Waals surface area (Å²) in [4.78, 5) is 10.9. The van der Waals surface area contributed by atoms with Crippen molar-refractivity contribution in [3.05, 3.63) is 41.7 Å². The second-order valence-corrected chi connectivity index (χ2v) is 7.92. The number of hydrogen-bond donors (Lipinski definition) is 1. The maximum atomic E-state index is 10.9. The molecule has 1 N–H and O–H groups in total. The molecule has 1 heterocycles. The van der Waals surface area contributed by atoms with E-state index in [9.17, 15) is 4.79 Å². The summed E-state index contributed by atoms with van der Waals surface area (Å²) in [5.74, 6) is 0.159. The van der Waals surface area contributed by atoms with Gasteiger partial charge in [-0.05, 0) is 54.6 Å². The number of carbonyl (C=O) groups is 1. The van der Waals surface area contributed by atoms with Gasteiger partial charge in [-0.2, -0.15) is 0 Å². The second kappa shape index (κ2) is 6.42. The molecule has 1 aliphatic carbocycles. The molecule has 1 fully saturated rings. The standard InChI is InChI=1S/C20H25NO3/c1-20(2,3)16-9-7-13(8-10-16)14-5-4-6-15(11-14)17-12-18(19(22)23)24-21-17/h4-6,11-13,16H,7-10H2,1-3H3,(H,22,23). The second-order valence-electron chi connectivity index (χ2n) is 7.92. The Morgan fingerprint density at radius 3 is 2.46 bits per heavy atom. The van der Waals surface area contributed by atoms with Crippen LogP contribution in [0.5, 0.6) is 0 Å². The molecule has 0 atom stereocenters. The van der Waals surface area contributed by atoms with E-state index in [0.717, 1.165) is 11.5 Å². The lowest BCUT2D eigenvalue weighted by molar-refractivity contribution is 0.0652. The van der Waals surface area contributed by atoms with Gasteiger partial charge in [0.15, 0.2) is 0 Å². The van der Waals surface area contributed by atoms with E-state index in [-0.39, 0.29) is 5.76 Å². The van der Waals surface area contributed by atoms with Crippen molar-refractivity contribution >= 4 is 5.97 Å². The molecule has 1 aliphatic rings. The number of carboxylic acids is 1. The van der Waals surface area contributed by atoms with Crippen molar-refractivity contribution in [2.75, 3.05) is 0 Å². The van der Waals surface area contributed by atoms with Crippen LogP contribution in [0.2, 0.25) is 0 Å². The number of benzene rings is 1. The summed E-state index contributed by atoms with van der Waals surface area (Å²) in [6, 6.07) is 9.76. The molecule has 0 spiro atoms. The number of aromatic nitrogens is 1. The van der Waals surface area contributed by atoms with Gasteiger partial charge in [-0.1, -0.05) is 44.1 Å². The smallest absolute Gasteiger partial charge is 0.374 e. The molecule has 24 heavy (non-hydrogen) atoms. The van der Waals surface area contributed by atoms with E-state index in [0.29, 0.717) is 17.0 Å². The highest BCUT2D eigenvalue weighted by atomic mass is 16.5. The van der Waals surface area contributed by atoms with Crippen LogP contribution in [0.15, 0.2) is 34.9 Å². The number of carboxylic acid groups (broad SMARTS) is 1. The van der Waals surface area contributed by atoms with Gasteiger partial charge in [0.25, 0.3) is 0 Å². The molecular weight excluding hydrogens is 302 g/mol. The first-order valence-corrected chi connectivity index (χ1v) is 8.65. The van der Waals surface area contributed by atoms with Crippen LogP contribution in [-0.4, -0.2) is 16.2 Å². The molecule has 1 saturated carbocycles. The van der Waals surface area contributed by atoms with Crippen molar-refractivity contribution in [1.29, 1.82) is 0 Å². The van der Waals surface area contributed by atoms with Gasteiger partial charge < -0.3 is 9.63 Å². The quantitative estimate of drug-likeness (QED) is 0.824. The van der Waals surface area contributed by atoms with Crippen LogP contribution < -0.4 is 0 Å². The van der Waals surface area contributed by atoms with Crippen LogP contribution in [0.4, 0.5) is 0 Å². The number of hydrogen-bond acceptors (Lipinski definition) is 3. The lowest BCUT2D eigenvalue weighted by atomic mass is 9.68. The fraction of sp³-hybridized carbons (Fsp3) is 0.500. The van der Waals surface area contributed by atoms with E-state index in [4.69, 9.17) is 9.63 Å². The van der Waals surface area contributed by atoms with E-state index < -0.39 is 5.97 Å². The minimum atomic E-state index is -1.09. The Hall–Kier alpha value is -2.10. The summed E-state index contributed by atoms with van der Waals surface area (Å²) in [6.45, 7) is 7.01. The molecule has 0 bridgehead atoms. The maximum Gasteiger partial charge on any atom is 0.374 e. The Morgan fingerprint density at radius 2 is 1.88 bits per heavy atom. The Labute approximate surface area is 142 Å². The van der Waals surface area contributed by atoms with Crippen LogP contribution in [0.1, 0.15) is 68.5 Å². The van der Waals surface area contributed by atoms with E-state index in [2.05, 4.69) is 38.1 Å². The predicted molar refractivity (Wildman–Crippen MR) is 93.1 cm³/mol. The largest absolute Gasteiger partial charge is 0.475 e. The topological polar surface area (TPSA) is 63.3 Å². The molecule has 2 aromatic rings. The Bertz CT molecular complexity index is 718. The highest BCUT2D eigenvalue weighted by Crippen LogP contribution is 2.43. The van der Waals surface area contributed by atoms with Gasteiger partial charge >= 0.3 is 5.97 Å². The molecule has 3 rings (SSSR count). The van der Waals surface area contributed by atoms with Crippen molar-refractivity contribution in [2.45, 2.75) is 52.4 Å². The Kier molecular flexibility index (Phi) is 4.48. The monoisotopic (exact) mass is 327 g/mol. The first-order chi connectivity index (χ1) is 11.3. The molecule has 0 amide bonds. The number of rotatable bonds is 3. The summed E-state index contributed by atoms with van der Waals surface area (Å²) >= 11 is 0. The third-order valence-corrected chi connectivity index (χ3v) is 5.33. The average Bonchev–Trinajstić information content (AvgIpc) is 3.05. The normalized spacial score (nSPS) is 21.6. The van der Waals surface area contributed by atoms with E-state index in [1.54, 1.807) is 0 Å². The minimum Gasteiger partial charge on any atom is -0.475 e. The lowest BCUT2D eigenvalue weighted by Crippen LogP contribution is -2.25. The SMILES string of the molecule is CC(C)(C)C1CCC(c2cccc(-c3cc(C(=O)O)on3)c2)CC1. The third kappa shape index (κ3) is 3.53. The van der Waals surface area contributed by atoms with Crippen molar-refractivity contribution in [3.63, 3.8) is 0 Å². The summed E-state index contributed by atoms with van der Waals surface area (Å²) < 4.78 is 4.87. The number of aromatic carboxylic acids is 1. The highest BCUT2D eigenvalue weighted by molar-refractivity contribution is 5.85. The van der Waals surface area contributed by atoms with Gasteiger partial charge in [-0.15, -0.1) is 0 Å². The van der Waals surface area contributed by atoms with Crippen molar-refractivity contribution in [1.82, 2.24) is 5.16 Å².